The highest BCUT2D eigenvalue weighted by Gasteiger charge is 2.51. The summed E-state index contributed by atoms with van der Waals surface area (Å²) in [6.45, 7) is 0. The van der Waals surface area contributed by atoms with Gasteiger partial charge in [0.25, 0.3) is 0 Å². The molecule has 2 heteroatoms. The Morgan fingerprint density at radius 3 is 2.00 bits per heavy atom. The lowest BCUT2D eigenvalue weighted by atomic mass is 9.70. The molecule has 0 fully saturated rings. The van der Waals surface area contributed by atoms with Crippen LogP contribution in [0.5, 0.6) is 0 Å². The van der Waals surface area contributed by atoms with E-state index in [0.29, 0.717) is 5.56 Å². The number of hydrogen-bond acceptors (Lipinski definition) is 2. The quantitative estimate of drug-likeness (QED) is 0.217. The van der Waals surface area contributed by atoms with Crippen molar-refractivity contribution >= 4 is 10.8 Å². The van der Waals surface area contributed by atoms with Crippen LogP contribution in [0, 0.1) is 11.3 Å². The fourth-order valence-corrected chi connectivity index (χ4v) is 7.61. The van der Waals surface area contributed by atoms with Crippen molar-refractivity contribution in [1.82, 2.24) is 4.98 Å². The van der Waals surface area contributed by atoms with Gasteiger partial charge in [-0.25, -0.2) is 0 Å². The molecular formula is C41H24N2. The van der Waals surface area contributed by atoms with Gasteiger partial charge < -0.3 is 0 Å². The summed E-state index contributed by atoms with van der Waals surface area (Å²) in [5, 5.41) is 11.9. The molecule has 9 rings (SSSR count). The Morgan fingerprint density at radius 2 is 1.19 bits per heavy atom. The summed E-state index contributed by atoms with van der Waals surface area (Å²) in [7, 11) is 0. The van der Waals surface area contributed by atoms with Crippen LogP contribution in [-0.2, 0) is 5.41 Å². The molecule has 0 aliphatic heterocycles. The molecule has 6 aromatic carbocycles. The van der Waals surface area contributed by atoms with Crippen LogP contribution in [0.2, 0.25) is 0 Å². The fourth-order valence-electron chi connectivity index (χ4n) is 7.61. The third kappa shape index (κ3) is 3.19. The zero-order chi connectivity index (χ0) is 28.5. The third-order valence-electron chi connectivity index (χ3n) is 9.36. The van der Waals surface area contributed by atoms with Gasteiger partial charge in [-0.2, -0.15) is 5.26 Å². The van der Waals surface area contributed by atoms with E-state index in [0.717, 1.165) is 22.4 Å². The highest BCUT2D eigenvalue weighted by atomic mass is 14.7. The number of benzene rings is 6. The first-order chi connectivity index (χ1) is 21.3. The van der Waals surface area contributed by atoms with E-state index in [-0.39, 0.29) is 5.41 Å². The average Bonchev–Trinajstić information content (AvgIpc) is 3.55. The number of rotatable bonds is 2. The van der Waals surface area contributed by atoms with Crippen molar-refractivity contribution in [2.45, 2.75) is 5.41 Å². The van der Waals surface area contributed by atoms with Gasteiger partial charge >= 0.3 is 0 Å². The maximum atomic E-state index is 9.42. The molecule has 7 aromatic rings. The molecule has 0 saturated heterocycles. The van der Waals surface area contributed by atoms with E-state index in [2.05, 4.69) is 138 Å². The maximum Gasteiger partial charge on any atom is 0.0992 e. The second kappa shape index (κ2) is 8.86. The van der Waals surface area contributed by atoms with E-state index in [1.54, 1.807) is 12.3 Å². The predicted molar refractivity (Wildman–Crippen MR) is 174 cm³/mol. The van der Waals surface area contributed by atoms with E-state index < -0.39 is 0 Å². The summed E-state index contributed by atoms with van der Waals surface area (Å²) in [6.07, 6.45) is 1.70. The van der Waals surface area contributed by atoms with Crippen molar-refractivity contribution in [2.24, 2.45) is 0 Å². The summed E-state index contributed by atoms with van der Waals surface area (Å²) >= 11 is 0. The van der Waals surface area contributed by atoms with Gasteiger partial charge in [0.05, 0.1) is 22.7 Å². The molecule has 0 bridgehead atoms. The van der Waals surface area contributed by atoms with Crippen LogP contribution < -0.4 is 0 Å². The standard InChI is InChI=1S/C41H24N2/c42-25-26-20-21-43-39(22-26)30-10-7-9-28(23-30)29-17-18-37-34(24-29)40-31-11-2-1-8-27(31)16-19-38(40)41(37)35-14-5-3-12-32(35)33-13-4-6-15-36(33)41/h1-24H. The molecule has 2 aliphatic carbocycles. The average molecular weight is 545 g/mol. The van der Waals surface area contributed by atoms with Gasteiger partial charge in [-0.3, -0.25) is 4.98 Å². The molecular weight excluding hydrogens is 520 g/mol. The summed E-state index contributed by atoms with van der Waals surface area (Å²) in [4.78, 5) is 4.55. The minimum absolute atomic E-state index is 0.371. The molecule has 0 N–H and O–H groups in total. The van der Waals surface area contributed by atoms with Crippen LogP contribution in [0.1, 0.15) is 27.8 Å². The van der Waals surface area contributed by atoms with Gasteiger partial charge in [0.2, 0.25) is 0 Å². The minimum Gasteiger partial charge on any atom is -0.256 e. The molecule has 0 unspecified atom stereocenters. The van der Waals surface area contributed by atoms with Crippen LogP contribution in [-0.4, -0.2) is 4.98 Å². The van der Waals surface area contributed by atoms with Crippen LogP contribution >= 0.6 is 0 Å². The SMILES string of the molecule is N#Cc1ccnc(-c2cccc(-c3ccc4c(c3)-c3c(ccc5ccccc35)C43c4ccccc4-c4ccccc43)c2)c1. The lowest BCUT2D eigenvalue weighted by Gasteiger charge is -2.30. The summed E-state index contributed by atoms with van der Waals surface area (Å²) < 4.78 is 0. The fraction of sp³-hybridized carbons (Fsp3) is 0.0244. The molecule has 1 heterocycles. The number of pyridine rings is 1. The normalized spacial score (nSPS) is 13.3. The molecule has 0 saturated carbocycles. The number of nitrogens with zero attached hydrogens (tertiary/aromatic N) is 2. The zero-order valence-electron chi connectivity index (χ0n) is 23.3. The molecule has 1 aromatic heterocycles. The Bertz CT molecular complexity index is 2280. The maximum absolute atomic E-state index is 9.42. The van der Waals surface area contributed by atoms with E-state index in [1.165, 1.54) is 55.3 Å². The molecule has 0 radical (unpaired) electrons. The first-order valence-electron chi connectivity index (χ1n) is 14.6. The van der Waals surface area contributed by atoms with E-state index >= 15 is 0 Å². The van der Waals surface area contributed by atoms with Gasteiger partial charge in [-0.15, -0.1) is 0 Å². The first kappa shape index (κ1) is 23.9. The van der Waals surface area contributed by atoms with Crippen molar-refractivity contribution in [3.05, 3.63) is 174 Å². The topological polar surface area (TPSA) is 36.7 Å². The molecule has 2 aliphatic rings. The Balaban J connectivity index is 1.33. The van der Waals surface area contributed by atoms with Gasteiger partial charge in [0, 0.05) is 11.8 Å². The molecule has 2 nitrogen and oxygen atoms in total. The van der Waals surface area contributed by atoms with Crippen molar-refractivity contribution in [2.75, 3.05) is 0 Å². The lowest BCUT2D eigenvalue weighted by Crippen LogP contribution is -2.25. The van der Waals surface area contributed by atoms with E-state index in [4.69, 9.17) is 0 Å². The van der Waals surface area contributed by atoms with Crippen LogP contribution in [0.4, 0.5) is 0 Å². The predicted octanol–water partition coefficient (Wildman–Crippen LogP) is 9.78. The van der Waals surface area contributed by atoms with E-state index in [1.807, 2.05) is 6.07 Å². The molecule has 43 heavy (non-hydrogen) atoms. The number of aromatic nitrogens is 1. The Labute approximate surface area is 250 Å². The molecule has 1 spiro atoms. The van der Waals surface area contributed by atoms with Crippen molar-refractivity contribution in [3.63, 3.8) is 0 Å². The minimum atomic E-state index is -0.371. The Hall–Kier alpha value is -5.78. The first-order valence-corrected chi connectivity index (χ1v) is 14.6. The zero-order valence-corrected chi connectivity index (χ0v) is 23.3. The van der Waals surface area contributed by atoms with Crippen molar-refractivity contribution in [1.29, 1.82) is 5.26 Å². The Kier molecular flexibility index (Phi) is 4.92. The summed E-state index contributed by atoms with van der Waals surface area (Å²) in [6, 6.07) is 52.6. The van der Waals surface area contributed by atoms with Gasteiger partial charge in [-0.1, -0.05) is 115 Å². The summed E-state index contributed by atoms with van der Waals surface area (Å²) in [5.41, 5.74) is 14.9. The Morgan fingerprint density at radius 1 is 0.512 bits per heavy atom. The summed E-state index contributed by atoms with van der Waals surface area (Å²) in [5.74, 6) is 0. The number of hydrogen-bond donors (Lipinski definition) is 0. The second-order valence-electron chi connectivity index (χ2n) is 11.4. The van der Waals surface area contributed by atoms with Crippen molar-refractivity contribution < 1.29 is 0 Å². The van der Waals surface area contributed by atoms with Crippen LogP contribution in [0.3, 0.4) is 0 Å². The van der Waals surface area contributed by atoms with E-state index in [9.17, 15) is 5.26 Å². The van der Waals surface area contributed by atoms with Gasteiger partial charge in [0.1, 0.15) is 0 Å². The highest BCUT2D eigenvalue weighted by Crippen LogP contribution is 2.63. The highest BCUT2D eigenvalue weighted by molar-refractivity contribution is 6.06. The molecule has 198 valence electrons. The molecule has 0 atom stereocenters. The van der Waals surface area contributed by atoms with Crippen LogP contribution in [0.25, 0.3) is 55.4 Å². The van der Waals surface area contributed by atoms with Crippen LogP contribution in [0.15, 0.2) is 146 Å². The number of nitriles is 1. The number of fused-ring (bicyclic) bond motifs is 12. The monoisotopic (exact) mass is 544 g/mol. The molecule has 0 amide bonds. The second-order valence-corrected chi connectivity index (χ2v) is 11.4. The third-order valence-corrected chi connectivity index (χ3v) is 9.36. The largest absolute Gasteiger partial charge is 0.256 e. The van der Waals surface area contributed by atoms with Crippen molar-refractivity contribution in [3.8, 4) is 50.7 Å². The van der Waals surface area contributed by atoms with Gasteiger partial charge in [0.15, 0.2) is 0 Å². The smallest absolute Gasteiger partial charge is 0.0992 e. The lowest BCUT2D eigenvalue weighted by molar-refractivity contribution is 0.794. The van der Waals surface area contributed by atoms with Gasteiger partial charge in [-0.05, 0) is 90.7 Å².